The number of halogens is 3. The maximum Gasteiger partial charge on any atom is 0.387 e. The molecule has 0 heterocycles. The molecule has 1 aromatic rings. The molecular formula is C10H8ClF2NO3S. The van der Waals surface area contributed by atoms with Crippen molar-refractivity contribution in [2.24, 2.45) is 0 Å². The van der Waals surface area contributed by atoms with Gasteiger partial charge in [0.15, 0.2) is 5.75 Å². The van der Waals surface area contributed by atoms with Crippen LogP contribution in [0.1, 0.15) is 18.1 Å². The van der Waals surface area contributed by atoms with Gasteiger partial charge in [-0.25, -0.2) is 8.42 Å². The highest BCUT2D eigenvalue weighted by molar-refractivity contribution is 8.13. The van der Waals surface area contributed by atoms with Crippen molar-refractivity contribution in [3.8, 4) is 11.8 Å². The Bertz CT molecular complexity index is 596. The van der Waals surface area contributed by atoms with Crippen molar-refractivity contribution in [2.75, 3.05) is 0 Å². The Morgan fingerprint density at radius 3 is 2.50 bits per heavy atom. The van der Waals surface area contributed by atoms with Crippen LogP contribution in [0.4, 0.5) is 8.78 Å². The lowest BCUT2D eigenvalue weighted by atomic mass is 10.1. The van der Waals surface area contributed by atoms with Gasteiger partial charge < -0.3 is 4.74 Å². The lowest BCUT2D eigenvalue weighted by molar-refractivity contribution is -0.0519. The molecule has 8 heteroatoms. The van der Waals surface area contributed by atoms with Crippen LogP contribution in [-0.2, 0) is 15.5 Å². The Hall–Kier alpha value is -1.39. The van der Waals surface area contributed by atoms with Crippen LogP contribution in [0.5, 0.6) is 5.75 Å². The Morgan fingerprint density at radius 2 is 2.11 bits per heavy atom. The number of hydrogen-bond donors (Lipinski definition) is 0. The number of nitriles is 1. The van der Waals surface area contributed by atoms with Crippen molar-refractivity contribution in [2.45, 2.75) is 24.9 Å². The molecule has 0 N–H and O–H groups in total. The Morgan fingerprint density at radius 1 is 1.50 bits per heavy atom. The van der Waals surface area contributed by atoms with Gasteiger partial charge in [0.05, 0.1) is 5.56 Å². The van der Waals surface area contributed by atoms with E-state index in [9.17, 15) is 17.2 Å². The molecule has 0 saturated heterocycles. The molecule has 0 aliphatic heterocycles. The van der Waals surface area contributed by atoms with Crippen molar-refractivity contribution in [3.05, 3.63) is 23.3 Å². The van der Waals surface area contributed by atoms with Crippen LogP contribution in [0.3, 0.4) is 0 Å². The van der Waals surface area contributed by atoms with Crippen LogP contribution in [0, 0.1) is 11.3 Å². The van der Waals surface area contributed by atoms with E-state index in [0.29, 0.717) is 12.0 Å². The molecule has 18 heavy (non-hydrogen) atoms. The normalized spacial score (nSPS) is 11.3. The standard InChI is InChI=1S/C10H8ClF2NO3S/c1-2-6-3-4-8(18(11,15)16)9(7(6)5-14)17-10(12)13/h3-4,10H,2H2,1H3. The molecule has 98 valence electrons. The van der Waals surface area contributed by atoms with E-state index in [0.717, 1.165) is 6.07 Å². The number of aryl methyl sites for hydroxylation is 1. The molecule has 0 atom stereocenters. The van der Waals surface area contributed by atoms with E-state index in [-0.39, 0.29) is 5.56 Å². The molecule has 4 nitrogen and oxygen atoms in total. The van der Waals surface area contributed by atoms with Crippen molar-refractivity contribution in [1.29, 1.82) is 5.26 Å². The molecule has 1 aromatic carbocycles. The van der Waals surface area contributed by atoms with Gasteiger partial charge in [0.1, 0.15) is 11.0 Å². The van der Waals surface area contributed by atoms with Crippen LogP contribution in [0.25, 0.3) is 0 Å². The molecule has 0 spiro atoms. The average Bonchev–Trinajstić information content (AvgIpc) is 2.25. The summed E-state index contributed by atoms with van der Waals surface area (Å²) in [4.78, 5) is -0.641. The summed E-state index contributed by atoms with van der Waals surface area (Å²) in [5.74, 6) is -0.707. The van der Waals surface area contributed by atoms with Crippen LogP contribution in [0.2, 0.25) is 0 Å². The number of benzene rings is 1. The molecule has 1 rings (SSSR count). The van der Waals surface area contributed by atoms with Gasteiger partial charge in [-0.05, 0) is 18.1 Å². The summed E-state index contributed by atoms with van der Waals surface area (Å²) in [5, 5.41) is 8.92. The van der Waals surface area contributed by atoms with Crippen LogP contribution in [-0.4, -0.2) is 15.0 Å². The number of hydrogen-bond acceptors (Lipinski definition) is 4. The SMILES string of the molecule is CCc1ccc(S(=O)(=O)Cl)c(OC(F)F)c1C#N. The second kappa shape index (κ2) is 5.50. The van der Waals surface area contributed by atoms with E-state index >= 15 is 0 Å². The summed E-state index contributed by atoms with van der Waals surface area (Å²) in [6.45, 7) is -1.56. The van der Waals surface area contributed by atoms with E-state index < -0.39 is 26.3 Å². The van der Waals surface area contributed by atoms with Gasteiger partial charge >= 0.3 is 6.61 Å². The van der Waals surface area contributed by atoms with Crippen molar-refractivity contribution < 1.29 is 21.9 Å². The zero-order valence-corrected chi connectivity index (χ0v) is 10.7. The number of ether oxygens (including phenoxy) is 1. The van der Waals surface area contributed by atoms with Gasteiger partial charge in [-0.1, -0.05) is 13.0 Å². The minimum absolute atomic E-state index is 0.250. The van der Waals surface area contributed by atoms with Gasteiger partial charge in [-0.3, -0.25) is 0 Å². The highest BCUT2D eigenvalue weighted by atomic mass is 35.7. The van der Waals surface area contributed by atoms with Gasteiger partial charge in [0, 0.05) is 10.7 Å². The minimum atomic E-state index is -4.27. The van der Waals surface area contributed by atoms with E-state index in [2.05, 4.69) is 4.74 Å². The fourth-order valence-electron chi connectivity index (χ4n) is 1.42. The van der Waals surface area contributed by atoms with Crippen molar-refractivity contribution in [1.82, 2.24) is 0 Å². The molecule has 0 unspecified atom stereocenters. The molecule has 0 aromatic heterocycles. The lowest BCUT2D eigenvalue weighted by Crippen LogP contribution is -2.09. The molecule has 0 aliphatic carbocycles. The maximum atomic E-state index is 12.3. The maximum absolute atomic E-state index is 12.3. The van der Waals surface area contributed by atoms with Crippen LogP contribution >= 0.6 is 10.7 Å². The Labute approximate surface area is 107 Å². The van der Waals surface area contributed by atoms with Gasteiger partial charge in [0.2, 0.25) is 0 Å². The van der Waals surface area contributed by atoms with E-state index in [1.54, 1.807) is 13.0 Å². The fraction of sp³-hybridized carbons (Fsp3) is 0.300. The third-order valence-electron chi connectivity index (χ3n) is 2.17. The summed E-state index contributed by atoms with van der Waals surface area (Å²) < 4.78 is 51.1. The minimum Gasteiger partial charge on any atom is -0.432 e. The smallest absolute Gasteiger partial charge is 0.387 e. The monoisotopic (exact) mass is 295 g/mol. The molecule has 0 saturated carbocycles. The first-order chi connectivity index (χ1) is 8.31. The van der Waals surface area contributed by atoms with Crippen molar-refractivity contribution in [3.63, 3.8) is 0 Å². The molecule has 0 bridgehead atoms. The highest BCUT2D eigenvalue weighted by Crippen LogP contribution is 2.33. The predicted molar refractivity (Wildman–Crippen MR) is 60.2 cm³/mol. The summed E-state index contributed by atoms with van der Waals surface area (Å²) in [6, 6.07) is 4.03. The second-order valence-electron chi connectivity index (χ2n) is 3.21. The lowest BCUT2D eigenvalue weighted by Gasteiger charge is -2.12. The van der Waals surface area contributed by atoms with Crippen LogP contribution in [0.15, 0.2) is 17.0 Å². The van der Waals surface area contributed by atoms with Crippen LogP contribution < -0.4 is 4.74 Å². The first kappa shape index (κ1) is 14.7. The summed E-state index contributed by atoms with van der Waals surface area (Å²) in [6.07, 6.45) is 0.366. The molecule has 0 fully saturated rings. The third-order valence-corrected chi connectivity index (χ3v) is 3.52. The van der Waals surface area contributed by atoms with Crippen molar-refractivity contribution >= 4 is 19.7 Å². The highest BCUT2D eigenvalue weighted by Gasteiger charge is 2.24. The number of nitrogens with zero attached hydrogens (tertiary/aromatic N) is 1. The molecule has 0 radical (unpaired) electrons. The predicted octanol–water partition coefficient (Wildman–Crippen LogP) is 2.65. The quantitative estimate of drug-likeness (QED) is 0.801. The molecule has 0 aliphatic rings. The summed E-state index contributed by atoms with van der Waals surface area (Å²) >= 11 is 0. The topological polar surface area (TPSA) is 67.2 Å². The van der Waals surface area contributed by atoms with E-state index in [4.69, 9.17) is 15.9 Å². The Balaban J connectivity index is 3.61. The average molecular weight is 296 g/mol. The zero-order chi connectivity index (χ0) is 13.9. The number of alkyl halides is 2. The molecule has 0 amide bonds. The van der Waals surface area contributed by atoms with E-state index in [1.165, 1.54) is 6.07 Å². The van der Waals surface area contributed by atoms with Gasteiger partial charge in [-0.15, -0.1) is 0 Å². The molecular weight excluding hydrogens is 288 g/mol. The first-order valence-corrected chi connectivity index (χ1v) is 7.07. The van der Waals surface area contributed by atoms with E-state index in [1.807, 2.05) is 0 Å². The number of rotatable bonds is 4. The largest absolute Gasteiger partial charge is 0.432 e. The third kappa shape index (κ3) is 3.09. The summed E-state index contributed by atoms with van der Waals surface area (Å²) in [5.41, 5.74) is 0.150. The van der Waals surface area contributed by atoms with Gasteiger partial charge in [-0.2, -0.15) is 14.0 Å². The fourth-order valence-corrected chi connectivity index (χ4v) is 2.39. The second-order valence-corrected chi connectivity index (χ2v) is 5.74. The Kier molecular flexibility index (Phi) is 4.48. The first-order valence-electron chi connectivity index (χ1n) is 4.76. The van der Waals surface area contributed by atoms with Gasteiger partial charge in [0.25, 0.3) is 9.05 Å². The zero-order valence-electron chi connectivity index (χ0n) is 9.15. The summed E-state index contributed by atoms with van der Waals surface area (Å²) in [7, 11) is 0.836.